The maximum atomic E-state index is 12.7. The highest BCUT2D eigenvalue weighted by Gasteiger charge is 2.30. The van der Waals surface area contributed by atoms with Gasteiger partial charge in [0.2, 0.25) is 15.9 Å². The number of fused-ring (bicyclic) bond motifs is 1. The number of benzene rings is 2. The Bertz CT molecular complexity index is 1030. The second kappa shape index (κ2) is 10.3. The molecule has 0 bridgehead atoms. The number of rotatable bonds is 9. The third-order valence-corrected chi connectivity index (χ3v) is 7.18. The zero-order chi connectivity index (χ0) is 22.4. The Hall–Kier alpha value is -2.39. The average Bonchev–Trinajstić information content (AvgIpc) is 2.73. The quantitative estimate of drug-likeness (QED) is 0.575. The van der Waals surface area contributed by atoms with E-state index < -0.39 is 16.1 Å². The maximum absolute atomic E-state index is 12.7. The first kappa shape index (κ1) is 23.3. The van der Waals surface area contributed by atoms with Crippen LogP contribution in [0, 0.1) is 6.92 Å². The van der Waals surface area contributed by atoms with Gasteiger partial charge in [-0.2, -0.15) is 11.8 Å². The molecular weight excluding hydrogens is 436 g/mol. The molecule has 0 fully saturated rings. The molecular formula is C22H28N2O5S2. The fourth-order valence-corrected chi connectivity index (χ4v) is 5.43. The molecule has 1 aliphatic rings. The van der Waals surface area contributed by atoms with Crippen LogP contribution in [0.25, 0.3) is 0 Å². The summed E-state index contributed by atoms with van der Waals surface area (Å²) < 4.78 is 37.1. The highest BCUT2D eigenvalue weighted by atomic mass is 32.2. The second-order valence-electron chi connectivity index (χ2n) is 7.33. The molecule has 7 nitrogen and oxygen atoms in total. The van der Waals surface area contributed by atoms with Crippen molar-refractivity contribution in [1.29, 1.82) is 0 Å². The van der Waals surface area contributed by atoms with E-state index in [4.69, 9.17) is 9.47 Å². The zero-order valence-electron chi connectivity index (χ0n) is 18.0. The summed E-state index contributed by atoms with van der Waals surface area (Å²) in [7, 11) is -3.69. The Morgan fingerprint density at radius 3 is 2.58 bits per heavy atom. The number of ether oxygens (including phenoxy) is 2. The van der Waals surface area contributed by atoms with Crippen molar-refractivity contribution in [2.75, 3.05) is 36.1 Å². The normalized spacial score (nSPS) is 14.0. The minimum absolute atomic E-state index is 0.350. The molecule has 1 N–H and O–H groups in total. The zero-order valence-corrected chi connectivity index (χ0v) is 19.6. The van der Waals surface area contributed by atoms with Gasteiger partial charge >= 0.3 is 0 Å². The molecule has 0 saturated carbocycles. The van der Waals surface area contributed by atoms with Crippen LogP contribution in [0.4, 0.5) is 5.69 Å². The lowest BCUT2D eigenvalue weighted by molar-refractivity contribution is -0.121. The van der Waals surface area contributed by atoms with E-state index in [2.05, 4.69) is 24.4 Å². The molecule has 168 valence electrons. The summed E-state index contributed by atoms with van der Waals surface area (Å²) in [5.74, 6) is 2.28. The van der Waals surface area contributed by atoms with Crippen LogP contribution in [0.5, 0.6) is 11.5 Å². The lowest BCUT2D eigenvalue weighted by Crippen LogP contribution is -2.48. The summed E-state index contributed by atoms with van der Waals surface area (Å²) in [5.41, 5.74) is 2.88. The summed E-state index contributed by atoms with van der Waals surface area (Å²) in [5, 5.41) is 2.85. The third-order valence-electron chi connectivity index (χ3n) is 4.93. The van der Waals surface area contributed by atoms with Crippen molar-refractivity contribution in [2.45, 2.75) is 25.6 Å². The summed E-state index contributed by atoms with van der Waals surface area (Å²) in [6.45, 7) is 4.96. The van der Waals surface area contributed by atoms with Gasteiger partial charge in [0.1, 0.15) is 19.3 Å². The molecule has 2 aromatic rings. The molecule has 2 aromatic carbocycles. The lowest BCUT2D eigenvalue weighted by Gasteiger charge is -2.29. The van der Waals surface area contributed by atoms with Crippen molar-refractivity contribution in [3.8, 4) is 11.5 Å². The van der Waals surface area contributed by atoms with Crippen molar-refractivity contribution in [2.24, 2.45) is 0 Å². The summed E-state index contributed by atoms with van der Waals surface area (Å²) in [6.07, 6.45) is 1.09. The van der Waals surface area contributed by atoms with E-state index in [1.54, 1.807) is 36.9 Å². The SMILES string of the molecule is Cc1ccccc1CSCCNC(=O)[C@H](C)N(c1ccc2c(c1)OCCO2)S(C)(=O)=O. The number of aryl methyl sites for hydroxylation is 1. The van der Waals surface area contributed by atoms with Gasteiger partial charge < -0.3 is 14.8 Å². The fourth-order valence-electron chi connectivity index (χ4n) is 3.33. The first-order valence-corrected chi connectivity index (χ1v) is 13.1. The molecule has 0 radical (unpaired) electrons. The number of amides is 1. The van der Waals surface area contributed by atoms with Crippen molar-refractivity contribution in [3.63, 3.8) is 0 Å². The molecule has 1 atom stereocenters. The first-order chi connectivity index (χ1) is 14.8. The lowest BCUT2D eigenvalue weighted by atomic mass is 10.1. The van der Waals surface area contributed by atoms with Gasteiger partial charge in [0.05, 0.1) is 11.9 Å². The number of carbonyl (C=O) groups excluding carboxylic acids is 1. The molecule has 3 rings (SSSR count). The molecule has 1 heterocycles. The molecule has 0 spiro atoms. The Morgan fingerprint density at radius 1 is 1.16 bits per heavy atom. The van der Waals surface area contributed by atoms with E-state index in [9.17, 15) is 13.2 Å². The number of thioether (sulfide) groups is 1. The van der Waals surface area contributed by atoms with Gasteiger partial charge in [0.15, 0.2) is 11.5 Å². The van der Waals surface area contributed by atoms with Crippen molar-refractivity contribution < 1.29 is 22.7 Å². The summed E-state index contributed by atoms with van der Waals surface area (Å²) >= 11 is 1.72. The second-order valence-corrected chi connectivity index (χ2v) is 10.3. The van der Waals surface area contributed by atoms with Crippen LogP contribution < -0.4 is 19.1 Å². The van der Waals surface area contributed by atoms with E-state index in [-0.39, 0.29) is 5.91 Å². The van der Waals surface area contributed by atoms with Gasteiger partial charge in [-0.1, -0.05) is 24.3 Å². The molecule has 1 amide bonds. The van der Waals surface area contributed by atoms with Gasteiger partial charge in [-0.25, -0.2) is 8.42 Å². The van der Waals surface area contributed by atoms with Gasteiger partial charge in [-0.15, -0.1) is 0 Å². The van der Waals surface area contributed by atoms with Crippen molar-refractivity contribution in [3.05, 3.63) is 53.6 Å². The number of sulfonamides is 1. The molecule has 0 saturated heterocycles. The van der Waals surface area contributed by atoms with Crippen LogP contribution in [0.3, 0.4) is 0 Å². The molecule has 9 heteroatoms. The van der Waals surface area contributed by atoms with E-state index in [0.717, 1.165) is 22.1 Å². The highest BCUT2D eigenvalue weighted by Crippen LogP contribution is 2.35. The minimum Gasteiger partial charge on any atom is -0.486 e. The van der Waals surface area contributed by atoms with Crippen molar-refractivity contribution in [1.82, 2.24) is 5.32 Å². The van der Waals surface area contributed by atoms with Crippen LogP contribution in [-0.4, -0.2) is 52.1 Å². The topological polar surface area (TPSA) is 84.9 Å². The molecule has 31 heavy (non-hydrogen) atoms. The van der Waals surface area contributed by atoms with E-state index >= 15 is 0 Å². The van der Waals surface area contributed by atoms with Crippen LogP contribution in [-0.2, 0) is 20.6 Å². The van der Waals surface area contributed by atoms with Gasteiger partial charge in [0, 0.05) is 24.1 Å². The largest absolute Gasteiger partial charge is 0.486 e. The van der Waals surface area contributed by atoms with Crippen LogP contribution in [0.1, 0.15) is 18.1 Å². The number of carbonyl (C=O) groups is 1. The number of nitrogens with one attached hydrogen (secondary N) is 1. The van der Waals surface area contributed by atoms with E-state index in [1.165, 1.54) is 11.1 Å². The summed E-state index contributed by atoms with van der Waals surface area (Å²) in [4.78, 5) is 12.7. The van der Waals surface area contributed by atoms with Crippen LogP contribution in [0.2, 0.25) is 0 Å². The third kappa shape index (κ3) is 6.07. The molecule has 1 aliphatic heterocycles. The monoisotopic (exact) mass is 464 g/mol. The molecule has 0 aromatic heterocycles. The highest BCUT2D eigenvalue weighted by molar-refractivity contribution is 7.98. The number of hydrogen-bond acceptors (Lipinski definition) is 6. The average molecular weight is 465 g/mol. The molecule has 0 unspecified atom stereocenters. The van der Waals surface area contributed by atoms with Crippen LogP contribution in [0.15, 0.2) is 42.5 Å². The Balaban J connectivity index is 1.59. The van der Waals surface area contributed by atoms with E-state index in [0.29, 0.717) is 36.9 Å². The number of anilines is 1. The number of hydrogen-bond donors (Lipinski definition) is 1. The Morgan fingerprint density at radius 2 is 1.87 bits per heavy atom. The van der Waals surface area contributed by atoms with Gasteiger partial charge in [0.25, 0.3) is 0 Å². The fraction of sp³-hybridized carbons (Fsp3) is 0.409. The Labute approximate surface area is 188 Å². The minimum atomic E-state index is -3.69. The van der Waals surface area contributed by atoms with Gasteiger partial charge in [-0.05, 0) is 37.1 Å². The Kier molecular flexibility index (Phi) is 7.72. The predicted octanol–water partition coefficient (Wildman–Crippen LogP) is 2.97. The van der Waals surface area contributed by atoms with E-state index in [1.807, 2.05) is 12.1 Å². The smallest absolute Gasteiger partial charge is 0.243 e. The summed E-state index contributed by atoms with van der Waals surface area (Å²) in [6, 6.07) is 12.2. The number of nitrogens with zero attached hydrogens (tertiary/aromatic N) is 1. The molecule has 0 aliphatic carbocycles. The first-order valence-electron chi connectivity index (χ1n) is 10.1. The van der Waals surface area contributed by atoms with Gasteiger partial charge in [-0.3, -0.25) is 9.10 Å². The van der Waals surface area contributed by atoms with Crippen molar-refractivity contribution >= 4 is 33.4 Å². The maximum Gasteiger partial charge on any atom is 0.243 e. The predicted molar refractivity (Wildman–Crippen MR) is 125 cm³/mol. The standard InChI is InChI=1S/C22H28N2O5S2/c1-16-6-4-5-7-18(16)15-30-13-10-23-22(25)17(2)24(31(3,26)27)19-8-9-20-21(14-19)29-12-11-28-20/h4-9,14,17H,10-13,15H2,1-3H3,(H,23,25)/t17-/m0/s1. The van der Waals surface area contributed by atoms with Crippen LogP contribution >= 0.6 is 11.8 Å².